The van der Waals surface area contributed by atoms with E-state index in [0.29, 0.717) is 31.5 Å². The molecule has 0 aliphatic heterocycles. The number of hydrogen-bond acceptors (Lipinski definition) is 2. The van der Waals surface area contributed by atoms with Crippen molar-refractivity contribution in [3.05, 3.63) is 62.1 Å². The van der Waals surface area contributed by atoms with Crippen LogP contribution in [0.3, 0.4) is 0 Å². The van der Waals surface area contributed by atoms with Gasteiger partial charge in [-0.3, -0.25) is 4.79 Å². The number of rotatable bonds is 5. The Hall–Kier alpha value is -0.580. The van der Waals surface area contributed by atoms with E-state index in [1.54, 1.807) is 36.4 Å². The summed E-state index contributed by atoms with van der Waals surface area (Å²) in [5.41, 5.74) is 1.44. The number of thioether (sulfide) groups is 1. The Morgan fingerprint density at radius 1 is 0.955 bits per heavy atom. The Labute approximate surface area is 153 Å². The Balaban J connectivity index is 1.86. The van der Waals surface area contributed by atoms with Crippen molar-refractivity contribution in [2.75, 3.05) is 11.1 Å². The van der Waals surface area contributed by atoms with E-state index in [2.05, 4.69) is 5.32 Å². The first-order valence-corrected chi connectivity index (χ1v) is 8.89. The maximum atomic E-state index is 11.9. The monoisotopic (exact) mass is 393 g/mol. The van der Waals surface area contributed by atoms with Gasteiger partial charge >= 0.3 is 0 Å². The van der Waals surface area contributed by atoms with Gasteiger partial charge in [-0.1, -0.05) is 52.5 Å². The Morgan fingerprint density at radius 3 is 2.27 bits per heavy atom. The van der Waals surface area contributed by atoms with Gasteiger partial charge in [0, 0.05) is 21.5 Å². The van der Waals surface area contributed by atoms with Gasteiger partial charge in [0.1, 0.15) is 0 Å². The summed E-state index contributed by atoms with van der Waals surface area (Å²) in [6.45, 7) is 0. The number of hydrogen-bond donors (Lipinski definition) is 1. The molecule has 2 rings (SSSR count). The van der Waals surface area contributed by atoms with Crippen molar-refractivity contribution in [1.82, 2.24) is 0 Å². The van der Waals surface area contributed by atoms with Crippen LogP contribution >= 0.6 is 58.2 Å². The minimum absolute atomic E-state index is 0.133. The van der Waals surface area contributed by atoms with Crippen LogP contribution in [-0.4, -0.2) is 11.7 Å². The van der Waals surface area contributed by atoms with Crippen LogP contribution in [-0.2, 0) is 10.5 Å². The molecule has 0 radical (unpaired) electrons. The van der Waals surface area contributed by atoms with E-state index in [4.69, 9.17) is 46.4 Å². The predicted octanol–water partition coefficient (Wildman–Crippen LogP) is 6.17. The number of carbonyl (C=O) groups is 1. The third kappa shape index (κ3) is 4.97. The Morgan fingerprint density at radius 2 is 1.64 bits per heavy atom. The van der Waals surface area contributed by atoms with Crippen molar-refractivity contribution in [2.24, 2.45) is 0 Å². The third-order valence-corrected chi connectivity index (χ3v) is 5.15. The molecule has 0 aliphatic rings. The van der Waals surface area contributed by atoms with Gasteiger partial charge in [0.2, 0.25) is 5.91 Å². The summed E-state index contributed by atoms with van der Waals surface area (Å²) in [4.78, 5) is 11.9. The van der Waals surface area contributed by atoms with Crippen LogP contribution in [0.4, 0.5) is 5.69 Å². The highest BCUT2D eigenvalue weighted by atomic mass is 35.5. The molecule has 0 fully saturated rings. The molecule has 0 spiro atoms. The van der Waals surface area contributed by atoms with E-state index in [1.807, 2.05) is 0 Å². The molecule has 0 unspecified atom stereocenters. The number of anilines is 1. The molecule has 1 amide bonds. The zero-order valence-corrected chi connectivity index (χ0v) is 15.0. The maximum absolute atomic E-state index is 11.9. The standard InChI is InChI=1S/C15H11Cl4NOS/c16-11-2-1-3-12(17)10(11)7-22-8-15(21)20-9-4-5-13(18)14(19)6-9/h1-6H,7-8H2,(H,20,21). The number of benzene rings is 2. The van der Waals surface area contributed by atoms with Crippen molar-refractivity contribution in [3.63, 3.8) is 0 Å². The Bertz CT molecular complexity index is 673. The van der Waals surface area contributed by atoms with E-state index < -0.39 is 0 Å². The van der Waals surface area contributed by atoms with Gasteiger partial charge in [-0.15, -0.1) is 11.8 Å². The fourth-order valence-corrected chi connectivity index (χ4v) is 3.55. The zero-order chi connectivity index (χ0) is 16.1. The van der Waals surface area contributed by atoms with Crippen LogP contribution in [0.25, 0.3) is 0 Å². The summed E-state index contributed by atoms with van der Waals surface area (Å²) >= 11 is 25.3. The van der Waals surface area contributed by atoms with E-state index in [1.165, 1.54) is 11.8 Å². The molecular weight excluding hydrogens is 384 g/mol. The van der Waals surface area contributed by atoms with Gasteiger partial charge in [0.15, 0.2) is 0 Å². The first-order valence-electron chi connectivity index (χ1n) is 6.23. The molecule has 1 N–H and O–H groups in total. The van der Waals surface area contributed by atoms with E-state index >= 15 is 0 Å². The summed E-state index contributed by atoms with van der Waals surface area (Å²) in [5.74, 6) is 0.710. The molecule has 116 valence electrons. The average molecular weight is 395 g/mol. The van der Waals surface area contributed by atoms with Gasteiger partial charge in [0.05, 0.1) is 15.8 Å². The van der Waals surface area contributed by atoms with E-state index in [9.17, 15) is 4.79 Å². The summed E-state index contributed by atoms with van der Waals surface area (Å²) in [5, 5.41) is 4.80. The SMILES string of the molecule is O=C(CSCc1c(Cl)cccc1Cl)Nc1ccc(Cl)c(Cl)c1. The predicted molar refractivity (Wildman–Crippen MR) is 97.7 cm³/mol. The van der Waals surface area contributed by atoms with Crippen molar-refractivity contribution in [1.29, 1.82) is 0 Å². The van der Waals surface area contributed by atoms with Crippen LogP contribution in [0.2, 0.25) is 20.1 Å². The van der Waals surface area contributed by atoms with Gasteiger partial charge in [-0.25, -0.2) is 0 Å². The van der Waals surface area contributed by atoms with Crippen LogP contribution in [0, 0.1) is 0 Å². The summed E-state index contributed by atoms with van der Waals surface area (Å²) in [6, 6.07) is 10.3. The van der Waals surface area contributed by atoms with Gasteiger partial charge in [0.25, 0.3) is 0 Å². The third-order valence-electron chi connectivity index (χ3n) is 2.74. The zero-order valence-electron chi connectivity index (χ0n) is 11.2. The second kappa shape index (κ2) is 8.32. The van der Waals surface area contributed by atoms with Crippen LogP contribution in [0.1, 0.15) is 5.56 Å². The molecule has 7 heteroatoms. The first kappa shape index (κ1) is 17.8. The highest BCUT2D eigenvalue weighted by Gasteiger charge is 2.08. The lowest BCUT2D eigenvalue weighted by Crippen LogP contribution is -2.14. The van der Waals surface area contributed by atoms with Crippen molar-refractivity contribution in [3.8, 4) is 0 Å². The van der Waals surface area contributed by atoms with Gasteiger partial charge < -0.3 is 5.32 Å². The molecule has 0 aliphatic carbocycles. The molecule has 0 saturated heterocycles. The summed E-state index contributed by atoms with van der Waals surface area (Å²) < 4.78 is 0. The summed E-state index contributed by atoms with van der Waals surface area (Å²) in [6.07, 6.45) is 0. The minimum Gasteiger partial charge on any atom is -0.325 e. The van der Waals surface area contributed by atoms with Gasteiger partial charge in [-0.05, 0) is 35.9 Å². The number of halogens is 4. The number of amides is 1. The molecule has 2 aromatic carbocycles. The molecule has 22 heavy (non-hydrogen) atoms. The second-order valence-electron chi connectivity index (χ2n) is 4.37. The maximum Gasteiger partial charge on any atom is 0.234 e. The topological polar surface area (TPSA) is 29.1 Å². The number of carbonyl (C=O) groups excluding carboxylic acids is 1. The smallest absolute Gasteiger partial charge is 0.234 e. The number of nitrogens with one attached hydrogen (secondary N) is 1. The van der Waals surface area contributed by atoms with Gasteiger partial charge in [-0.2, -0.15) is 0 Å². The molecule has 0 saturated carbocycles. The first-order chi connectivity index (χ1) is 10.5. The lowest BCUT2D eigenvalue weighted by Gasteiger charge is -2.08. The summed E-state index contributed by atoms with van der Waals surface area (Å²) in [7, 11) is 0. The van der Waals surface area contributed by atoms with E-state index in [-0.39, 0.29) is 11.7 Å². The van der Waals surface area contributed by atoms with Crippen molar-refractivity contribution in [2.45, 2.75) is 5.75 Å². The molecule has 0 aromatic heterocycles. The molecule has 2 nitrogen and oxygen atoms in total. The normalized spacial score (nSPS) is 10.5. The second-order valence-corrected chi connectivity index (χ2v) is 6.98. The average Bonchev–Trinajstić information content (AvgIpc) is 2.46. The van der Waals surface area contributed by atoms with Crippen LogP contribution in [0.15, 0.2) is 36.4 Å². The molecule has 2 aromatic rings. The highest BCUT2D eigenvalue weighted by Crippen LogP contribution is 2.28. The van der Waals surface area contributed by atoms with E-state index in [0.717, 1.165) is 5.56 Å². The lowest BCUT2D eigenvalue weighted by atomic mass is 10.2. The minimum atomic E-state index is -0.133. The fourth-order valence-electron chi connectivity index (χ4n) is 1.69. The largest absolute Gasteiger partial charge is 0.325 e. The molecule has 0 atom stereocenters. The Kier molecular flexibility index (Phi) is 6.72. The molecule has 0 heterocycles. The highest BCUT2D eigenvalue weighted by molar-refractivity contribution is 7.99. The quantitative estimate of drug-likeness (QED) is 0.656. The van der Waals surface area contributed by atoms with Crippen LogP contribution in [0.5, 0.6) is 0 Å². The lowest BCUT2D eigenvalue weighted by molar-refractivity contribution is -0.113. The molecule has 0 bridgehead atoms. The van der Waals surface area contributed by atoms with Crippen LogP contribution < -0.4 is 5.32 Å². The van der Waals surface area contributed by atoms with Crippen molar-refractivity contribution >= 4 is 69.8 Å². The molecular formula is C15H11Cl4NOS. The van der Waals surface area contributed by atoms with Crippen molar-refractivity contribution < 1.29 is 4.79 Å². The fraction of sp³-hybridized carbons (Fsp3) is 0.133.